The van der Waals surface area contributed by atoms with Crippen LogP contribution in [0.1, 0.15) is 17.5 Å². The molecule has 2 aromatic rings. The van der Waals surface area contributed by atoms with E-state index in [4.69, 9.17) is 5.11 Å². The molecule has 1 N–H and O–H groups in total. The van der Waals surface area contributed by atoms with E-state index in [2.05, 4.69) is 4.74 Å². The Morgan fingerprint density at radius 2 is 1.65 bits per heavy atom. The molecule has 2 rings (SSSR count). The fourth-order valence-electron chi connectivity index (χ4n) is 2.45. The lowest BCUT2D eigenvalue weighted by atomic mass is 10.1. The van der Waals surface area contributed by atoms with E-state index in [0.29, 0.717) is 6.42 Å². The zero-order valence-corrected chi connectivity index (χ0v) is 14.0. The predicted octanol–water partition coefficient (Wildman–Crippen LogP) is 3.33. The van der Waals surface area contributed by atoms with E-state index in [-0.39, 0.29) is 31.2 Å². The van der Waals surface area contributed by atoms with Gasteiger partial charge in [0, 0.05) is 13.0 Å². The largest absolute Gasteiger partial charge is 0.480 e. The third kappa shape index (κ3) is 6.51. The lowest BCUT2D eigenvalue weighted by molar-refractivity contribution is -0.144. The van der Waals surface area contributed by atoms with Crippen molar-refractivity contribution in [1.82, 2.24) is 4.90 Å². The van der Waals surface area contributed by atoms with Gasteiger partial charge in [-0.25, -0.2) is 0 Å². The molecule has 0 aliphatic heterocycles. The molecule has 0 heterocycles. The van der Waals surface area contributed by atoms with E-state index in [1.807, 2.05) is 30.3 Å². The van der Waals surface area contributed by atoms with E-state index in [0.717, 1.165) is 11.1 Å². The van der Waals surface area contributed by atoms with Gasteiger partial charge in [-0.1, -0.05) is 42.5 Å². The van der Waals surface area contributed by atoms with Crippen LogP contribution < -0.4 is 4.74 Å². The molecule has 0 bridgehead atoms. The minimum Gasteiger partial charge on any atom is -0.480 e. The zero-order valence-electron chi connectivity index (χ0n) is 14.0. The van der Waals surface area contributed by atoms with Gasteiger partial charge < -0.3 is 14.7 Å². The van der Waals surface area contributed by atoms with Crippen LogP contribution in [-0.4, -0.2) is 35.0 Å². The van der Waals surface area contributed by atoms with Crippen molar-refractivity contribution in [3.05, 3.63) is 65.7 Å². The number of amides is 1. The number of hydrogen-bond acceptors (Lipinski definition) is 3. The minimum atomic E-state index is -2.88. The Bertz CT molecular complexity index is 720. The van der Waals surface area contributed by atoms with Crippen molar-refractivity contribution in [2.45, 2.75) is 26.0 Å². The number of carbonyl (C=O) groups excluding carboxylic acids is 1. The highest BCUT2D eigenvalue weighted by Crippen LogP contribution is 2.16. The average molecular weight is 363 g/mol. The Hall–Kier alpha value is -2.96. The fourth-order valence-corrected chi connectivity index (χ4v) is 2.45. The first-order chi connectivity index (χ1) is 12.4. The Kier molecular flexibility index (Phi) is 7.08. The molecule has 0 radical (unpaired) electrons. The van der Waals surface area contributed by atoms with Gasteiger partial charge in [0.25, 0.3) is 0 Å². The SMILES string of the molecule is O=C(O)CN(Cc1ccccc1)C(=O)CCc1ccc(OC(F)F)cc1. The van der Waals surface area contributed by atoms with Crippen molar-refractivity contribution in [1.29, 1.82) is 0 Å². The highest BCUT2D eigenvalue weighted by Gasteiger charge is 2.17. The van der Waals surface area contributed by atoms with Crippen molar-refractivity contribution in [3.8, 4) is 5.75 Å². The molecule has 7 heteroatoms. The van der Waals surface area contributed by atoms with Crippen LogP contribution in [0.25, 0.3) is 0 Å². The second kappa shape index (κ2) is 9.50. The van der Waals surface area contributed by atoms with E-state index in [1.165, 1.54) is 17.0 Å². The van der Waals surface area contributed by atoms with E-state index in [9.17, 15) is 18.4 Å². The molecule has 2 aromatic carbocycles. The summed E-state index contributed by atoms with van der Waals surface area (Å²) in [5.74, 6) is -1.32. The summed E-state index contributed by atoms with van der Waals surface area (Å²) < 4.78 is 28.5. The molecule has 0 spiro atoms. The third-order valence-electron chi connectivity index (χ3n) is 3.67. The Morgan fingerprint density at radius 1 is 1.00 bits per heavy atom. The molecule has 1 amide bonds. The lowest BCUT2D eigenvalue weighted by Gasteiger charge is -2.21. The first-order valence-corrected chi connectivity index (χ1v) is 8.01. The molecule has 0 fully saturated rings. The normalized spacial score (nSPS) is 10.6. The molecule has 0 atom stereocenters. The number of nitrogens with zero attached hydrogens (tertiary/aromatic N) is 1. The standard InChI is InChI=1S/C19H19F2NO4/c20-19(21)26-16-9-6-14(7-10-16)8-11-17(23)22(13-18(24)25)12-15-4-2-1-3-5-15/h1-7,9-10,19H,8,11-13H2,(H,24,25). The highest BCUT2D eigenvalue weighted by atomic mass is 19.3. The first-order valence-electron chi connectivity index (χ1n) is 8.01. The van der Waals surface area contributed by atoms with Crippen LogP contribution in [0.4, 0.5) is 8.78 Å². The number of carboxylic acids is 1. The Labute approximate surface area is 149 Å². The number of aryl methyl sites for hydroxylation is 1. The van der Waals surface area contributed by atoms with Crippen LogP contribution in [0.5, 0.6) is 5.75 Å². The van der Waals surface area contributed by atoms with Crippen LogP contribution in [0.2, 0.25) is 0 Å². The van der Waals surface area contributed by atoms with Crippen molar-refractivity contribution < 1.29 is 28.2 Å². The smallest absolute Gasteiger partial charge is 0.387 e. The lowest BCUT2D eigenvalue weighted by Crippen LogP contribution is -2.35. The first kappa shape index (κ1) is 19.4. The van der Waals surface area contributed by atoms with Gasteiger partial charge in [-0.05, 0) is 29.7 Å². The van der Waals surface area contributed by atoms with Crippen molar-refractivity contribution in [3.63, 3.8) is 0 Å². The van der Waals surface area contributed by atoms with Crippen LogP contribution in [-0.2, 0) is 22.6 Å². The monoisotopic (exact) mass is 363 g/mol. The summed E-state index contributed by atoms with van der Waals surface area (Å²) in [6.07, 6.45) is 0.494. The van der Waals surface area contributed by atoms with Gasteiger partial charge in [-0.2, -0.15) is 8.78 Å². The number of hydrogen-bond donors (Lipinski definition) is 1. The minimum absolute atomic E-state index is 0.0478. The number of alkyl halides is 2. The maximum atomic E-state index is 12.4. The summed E-state index contributed by atoms with van der Waals surface area (Å²) in [5.41, 5.74) is 1.62. The Morgan fingerprint density at radius 3 is 2.23 bits per heavy atom. The second-order valence-electron chi connectivity index (χ2n) is 5.65. The Balaban J connectivity index is 1.94. The second-order valence-corrected chi connectivity index (χ2v) is 5.65. The van der Waals surface area contributed by atoms with E-state index < -0.39 is 12.6 Å². The molecule has 0 saturated carbocycles. The summed E-state index contributed by atoms with van der Waals surface area (Å²) in [6, 6.07) is 15.1. The third-order valence-corrected chi connectivity index (χ3v) is 3.67. The molecule has 0 aromatic heterocycles. The predicted molar refractivity (Wildman–Crippen MR) is 90.9 cm³/mol. The van der Waals surface area contributed by atoms with Gasteiger partial charge >= 0.3 is 12.6 Å². The van der Waals surface area contributed by atoms with Gasteiger partial charge in [0.15, 0.2) is 0 Å². The van der Waals surface area contributed by atoms with Crippen LogP contribution in [0, 0.1) is 0 Å². The summed E-state index contributed by atoms with van der Waals surface area (Å²) in [4.78, 5) is 24.7. The van der Waals surface area contributed by atoms with Gasteiger partial charge in [-0.15, -0.1) is 0 Å². The topological polar surface area (TPSA) is 66.8 Å². The highest BCUT2D eigenvalue weighted by molar-refractivity contribution is 5.81. The number of ether oxygens (including phenoxy) is 1. The molecule has 5 nitrogen and oxygen atoms in total. The molecule has 0 unspecified atom stereocenters. The number of halogens is 2. The maximum Gasteiger partial charge on any atom is 0.387 e. The maximum absolute atomic E-state index is 12.4. The van der Waals surface area contributed by atoms with Crippen LogP contribution in [0.15, 0.2) is 54.6 Å². The van der Waals surface area contributed by atoms with Crippen molar-refractivity contribution >= 4 is 11.9 Å². The number of benzene rings is 2. The summed E-state index contributed by atoms with van der Waals surface area (Å²) in [5, 5.41) is 9.03. The van der Waals surface area contributed by atoms with Gasteiger partial charge in [0.1, 0.15) is 12.3 Å². The molecular weight excluding hydrogens is 344 g/mol. The van der Waals surface area contributed by atoms with Gasteiger partial charge in [-0.3, -0.25) is 9.59 Å². The molecule has 0 aliphatic carbocycles. The number of rotatable bonds is 9. The molecule has 138 valence electrons. The van der Waals surface area contributed by atoms with E-state index in [1.54, 1.807) is 12.1 Å². The van der Waals surface area contributed by atoms with Crippen molar-refractivity contribution in [2.75, 3.05) is 6.54 Å². The fraction of sp³-hybridized carbons (Fsp3) is 0.263. The number of carboxylic acid groups (broad SMARTS) is 1. The summed E-state index contributed by atoms with van der Waals surface area (Å²) in [7, 11) is 0. The molecular formula is C19H19F2NO4. The number of carbonyl (C=O) groups is 2. The summed E-state index contributed by atoms with van der Waals surface area (Å²) >= 11 is 0. The van der Waals surface area contributed by atoms with Gasteiger partial charge in [0.2, 0.25) is 5.91 Å². The quantitative estimate of drug-likeness (QED) is 0.742. The van der Waals surface area contributed by atoms with Crippen LogP contribution >= 0.6 is 0 Å². The molecule has 26 heavy (non-hydrogen) atoms. The molecule has 0 saturated heterocycles. The van der Waals surface area contributed by atoms with Gasteiger partial charge in [0.05, 0.1) is 0 Å². The average Bonchev–Trinajstić information content (AvgIpc) is 2.60. The van der Waals surface area contributed by atoms with E-state index >= 15 is 0 Å². The van der Waals surface area contributed by atoms with Crippen molar-refractivity contribution in [2.24, 2.45) is 0 Å². The van der Waals surface area contributed by atoms with Crippen LogP contribution in [0.3, 0.4) is 0 Å². The number of aliphatic carboxylic acids is 1. The molecule has 0 aliphatic rings. The zero-order chi connectivity index (χ0) is 18.9. The summed E-state index contributed by atoms with van der Waals surface area (Å²) in [6.45, 7) is -3.05.